The van der Waals surface area contributed by atoms with Crippen LogP contribution in [0.15, 0.2) is 35.4 Å². The molecular weight excluding hydrogens is 424 g/mol. The molecule has 0 spiro atoms. The number of hydrogen-bond acceptors (Lipinski definition) is 6. The fraction of sp³-hybridized carbons (Fsp3) is 0.429. The molecule has 0 radical (unpaired) electrons. The highest BCUT2D eigenvalue weighted by Crippen LogP contribution is 2.25. The SMILES string of the molecule is O=C(CSc1ccc(N2CCC[C@H](C(=O)NC3CC3)C2)nn1)Nc1cc(F)ccc1F. The molecule has 1 aromatic carbocycles. The van der Waals surface area contributed by atoms with Gasteiger partial charge in [-0.25, -0.2) is 8.78 Å². The molecule has 1 aromatic heterocycles. The first-order chi connectivity index (χ1) is 15.0. The van der Waals surface area contributed by atoms with Crippen LogP contribution in [0, 0.1) is 17.6 Å². The first kappa shape index (κ1) is 21.5. The van der Waals surface area contributed by atoms with Gasteiger partial charge in [0.1, 0.15) is 16.7 Å². The second-order valence-corrected chi connectivity index (χ2v) is 8.75. The molecule has 2 N–H and O–H groups in total. The van der Waals surface area contributed by atoms with Crippen molar-refractivity contribution >= 4 is 35.1 Å². The number of halogens is 2. The van der Waals surface area contributed by atoms with Crippen LogP contribution >= 0.6 is 11.8 Å². The zero-order chi connectivity index (χ0) is 21.8. The van der Waals surface area contributed by atoms with E-state index in [0.717, 1.165) is 62.2 Å². The third kappa shape index (κ3) is 5.90. The summed E-state index contributed by atoms with van der Waals surface area (Å²) >= 11 is 1.15. The Morgan fingerprint density at radius 3 is 2.71 bits per heavy atom. The van der Waals surface area contributed by atoms with Gasteiger partial charge in [-0.3, -0.25) is 9.59 Å². The molecule has 4 rings (SSSR count). The molecule has 164 valence electrons. The van der Waals surface area contributed by atoms with Gasteiger partial charge in [-0.2, -0.15) is 0 Å². The molecular formula is C21H23F2N5O2S. The zero-order valence-electron chi connectivity index (χ0n) is 16.8. The molecule has 7 nitrogen and oxygen atoms in total. The van der Waals surface area contributed by atoms with E-state index in [4.69, 9.17) is 0 Å². The van der Waals surface area contributed by atoms with E-state index in [1.54, 1.807) is 6.07 Å². The average Bonchev–Trinajstić information content (AvgIpc) is 3.59. The number of carbonyl (C=O) groups is 2. The number of hydrogen-bond donors (Lipinski definition) is 2. The fourth-order valence-electron chi connectivity index (χ4n) is 3.42. The summed E-state index contributed by atoms with van der Waals surface area (Å²) in [5.41, 5.74) is -0.197. The number of carbonyl (C=O) groups excluding carboxylic acids is 2. The maximum Gasteiger partial charge on any atom is 0.234 e. The number of anilines is 2. The summed E-state index contributed by atoms with van der Waals surface area (Å²) in [4.78, 5) is 26.4. The molecule has 0 unspecified atom stereocenters. The molecule has 1 aliphatic carbocycles. The lowest BCUT2D eigenvalue weighted by Gasteiger charge is -2.32. The minimum absolute atomic E-state index is 0.0168. The van der Waals surface area contributed by atoms with Gasteiger partial charge in [-0.05, 0) is 49.9 Å². The Bertz CT molecular complexity index is 955. The van der Waals surface area contributed by atoms with Crippen LogP contribution in [0.1, 0.15) is 25.7 Å². The van der Waals surface area contributed by atoms with E-state index < -0.39 is 17.5 Å². The van der Waals surface area contributed by atoms with Crippen molar-refractivity contribution in [2.24, 2.45) is 5.92 Å². The van der Waals surface area contributed by atoms with E-state index >= 15 is 0 Å². The van der Waals surface area contributed by atoms with Gasteiger partial charge in [-0.1, -0.05) is 11.8 Å². The predicted molar refractivity (Wildman–Crippen MR) is 114 cm³/mol. The normalized spacial score (nSPS) is 18.5. The van der Waals surface area contributed by atoms with Crippen molar-refractivity contribution in [3.8, 4) is 0 Å². The van der Waals surface area contributed by atoms with Crippen LogP contribution in [-0.4, -0.2) is 46.9 Å². The number of amides is 2. The molecule has 1 saturated carbocycles. The monoisotopic (exact) mass is 447 g/mol. The minimum Gasteiger partial charge on any atom is -0.354 e. The Morgan fingerprint density at radius 1 is 1.13 bits per heavy atom. The highest BCUT2D eigenvalue weighted by atomic mass is 32.2. The number of benzene rings is 1. The van der Waals surface area contributed by atoms with Crippen LogP contribution in [0.5, 0.6) is 0 Å². The molecule has 0 bridgehead atoms. The summed E-state index contributed by atoms with van der Waals surface area (Å²) in [6, 6.07) is 6.82. The van der Waals surface area contributed by atoms with E-state index in [9.17, 15) is 18.4 Å². The number of nitrogens with zero attached hydrogens (tertiary/aromatic N) is 3. The molecule has 2 amide bonds. The summed E-state index contributed by atoms with van der Waals surface area (Å²) in [7, 11) is 0. The minimum atomic E-state index is -0.699. The Hall–Kier alpha value is -2.75. The summed E-state index contributed by atoms with van der Waals surface area (Å²) in [5, 5.41) is 14.3. The summed E-state index contributed by atoms with van der Waals surface area (Å²) < 4.78 is 26.8. The number of rotatable bonds is 7. The maximum atomic E-state index is 13.6. The Balaban J connectivity index is 1.28. The largest absolute Gasteiger partial charge is 0.354 e. The molecule has 1 atom stereocenters. The maximum absolute atomic E-state index is 13.6. The van der Waals surface area contributed by atoms with Crippen LogP contribution < -0.4 is 15.5 Å². The van der Waals surface area contributed by atoms with Gasteiger partial charge >= 0.3 is 0 Å². The quantitative estimate of drug-likeness (QED) is 0.635. The summed E-state index contributed by atoms with van der Waals surface area (Å²) in [6.07, 6.45) is 3.93. The third-order valence-electron chi connectivity index (χ3n) is 5.22. The van der Waals surface area contributed by atoms with Gasteiger partial charge in [0, 0.05) is 25.2 Å². The van der Waals surface area contributed by atoms with Gasteiger partial charge in [0.15, 0.2) is 5.82 Å². The van der Waals surface area contributed by atoms with E-state index in [1.165, 1.54) is 0 Å². The van der Waals surface area contributed by atoms with Gasteiger partial charge < -0.3 is 15.5 Å². The Morgan fingerprint density at radius 2 is 1.97 bits per heavy atom. The molecule has 10 heteroatoms. The zero-order valence-corrected chi connectivity index (χ0v) is 17.6. The molecule has 2 fully saturated rings. The molecule has 2 aliphatic rings. The van der Waals surface area contributed by atoms with Crippen LogP contribution in [0.2, 0.25) is 0 Å². The van der Waals surface area contributed by atoms with Crippen molar-refractivity contribution in [3.05, 3.63) is 42.0 Å². The van der Waals surface area contributed by atoms with Gasteiger partial charge in [-0.15, -0.1) is 10.2 Å². The lowest BCUT2D eigenvalue weighted by molar-refractivity contribution is -0.125. The van der Waals surface area contributed by atoms with Crippen LogP contribution in [-0.2, 0) is 9.59 Å². The van der Waals surface area contributed by atoms with Crippen molar-refractivity contribution < 1.29 is 18.4 Å². The van der Waals surface area contributed by atoms with Crippen LogP contribution in [0.4, 0.5) is 20.3 Å². The van der Waals surface area contributed by atoms with Crippen LogP contribution in [0.3, 0.4) is 0 Å². The smallest absolute Gasteiger partial charge is 0.234 e. The second kappa shape index (κ2) is 9.59. The number of thioether (sulfide) groups is 1. The van der Waals surface area contributed by atoms with Crippen molar-refractivity contribution in [1.82, 2.24) is 15.5 Å². The molecule has 1 aliphatic heterocycles. The molecule has 31 heavy (non-hydrogen) atoms. The standard InChI is InChI=1S/C21H23F2N5O2S/c22-14-3-6-16(23)17(10-14)25-19(29)12-31-20-8-7-18(26-27-20)28-9-1-2-13(11-28)21(30)24-15-4-5-15/h3,6-8,10,13,15H,1-2,4-5,9,11-12H2,(H,24,30)(H,25,29)/t13-/m0/s1. The van der Waals surface area contributed by atoms with Crippen LogP contribution in [0.25, 0.3) is 0 Å². The first-order valence-corrected chi connectivity index (χ1v) is 11.2. The van der Waals surface area contributed by atoms with Gasteiger partial charge in [0.05, 0.1) is 17.4 Å². The van der Waals surface area contributed by atoms with Gasteiger partial charge in [0.2, 0.25) is 11.8 Å². The summed E-state index contributed by atoms with van der Waals surface area (Å²) in [6.45, 7) is 1.43. The molecule has 2 aromatic rings. The van der Waals surface area contributed by atoms with Crippen molar-refractivity contribution in [2.45, 2.75) is 36.8 Å². The Kier molecular flexibility index (Phi) is 6.64. The van der Waals surface area contributed by atoms with E-state index in [2.05, 4.69) is 25.7 Å². The van der Waals surface area contributed by atoms with E-state index in [1.807, 2.05) is 6.07 Å². The molecule has 2 heterocycles. The van der Waals surface area contributed by atoms with Crippen molar-refractivity contribution in [1.29, 1.82) is 0 Å². The third-order valence-corrected chi connectivity index (χ3v) is 6.14. The highest BCUT2D eigenvalue weighted by Gasteiger charge is 2.31. The van der Waals surface area contributed by atoms with E-state index in [-0.39, 0.29) is 23.3 Å². The highest BCUT2D eigenvalue weighted by molar-refractivity contribution is 7.99. The lowest BCUT2D eigenvalue weighted by atomic mass is 9.97. The second-order valence-electron chi connectivity index (χ2n) is 7.76. The summed E-state index contributed by atoms with van der Waals surface area (Å²) in [5.74, 6) is -1.05. The number of nitrogens with one attached hydrogen (secondary N) is 2. The number of aromatic nitrogens is 2. The lowest BCUT2D eigenvalue weighted by Crippen LogP contribution is -2.44. The number of piperidine rings is 1. The van der Waals surface area contributed by atoms with Crippen molar-refractivity contribution in [2.75, 3.05) is 29.1 Å². The van der Waals surface area contributed by atoms with Crippen molar-refractivity contribution in [3.63, 3.8) is 0 Å². The average molecular weight is 448 g/mol. The predicted octanol–water partition coefficient (Wildman–Crippen LogP) is 2.98. The van der Waals surface area contributed by atoms with Gasteiger partial charge in [0.25, 0.3) is 0 Å². The Labute approximate surface area is 183 Å². The topological polar surface area (TPSA) is 87.2 Å². The van der Waals surface area contributed by atoms with E-state index in [0.29, 0.717) is 23.4 Å². The first-order valence-electron chi connectivity index (χ1n) is 10.2. The molecule has 1 saturated heterocycles. The fourth-order valence-corrected chi connectivity index (χ4v) is 4.04.